The van der Waals surface area contributed by atoms with Crippen molar-refractivity contribution >= 4 is 11.9 Å². The summed E-state index contributed by atoms with van der Waals surface area (Å²) >= 11 is 0. The van der Waals surface area contributed by atoms with Gasteiger partial charge in [0.25, 0.3) is 5.91 Å². The van der Waals surface area contributed by atoms with Gasteiger partial charge in [0.2, 0.25) is 0 Å². The third kappa shape index (κ3) is 4.47. The molecule has 1 aliphatic carbocycles. The summed E-state index contributed by atoms with van der Waals surface area (Å²) < 4.78 is 5.32. The molecule has 0 spiro atoms. The van der Waals surface area contributed by atoms with Crippen LogP contribution in [0.5, 0.6) is 5.75 Å². The predicted molar refractivity (Wildman–Crippen MR) is 87.9 cm³/mol. The standard InChI is InChI=1S/C18H25NO4/c1-11(2)9-19(15-5-6-15)18(22)14-7-12(3)17(13(4)8-14)23-10-16(20)21/h7-8,11,15H,5-6,9-10H2,1-4H3,(H,20,21). The smallest absolute Gasteiger partial charge is 0.341 e. The number of carbonyl (C=O) groups is 2. The minimum atomic E-state index is -1.01. The molecule has 0 unspecified atom stereocenters. The number of aryl methyl sites for hydroxylation is 2. The first kappa shape index (κ1) is 17.3. The summed E-state index contributed by atoms with van der Waals surface area (Å²) in [6, 6.07) is 3.96. The van der Waals surface area contributed by atoms with Crippen molar-refractivity contribution in [1.82, 2.24) is 4.90 Å². The van der Waals surface area contributed by atoms with Crippen LogP contribution in [0.2, 0.25) is 0 Å². The van der Waals surface area contributed by atoms with E-state index in [-0.39, 0.29) is 12.5 Å². The number of ether oxygens (including phenoxy) is 1. The van der Waals surface area contributed by atoms with E-state index in [2.05, 4.69) is 13.8 Å². The summed E-state index contributed by atoms with van der Waals surface area (Å²) in [5, 5.41) is 8.74. The van der Waals surface area contributed by atoms with Gasteiger partial charge in [-0.1, -0.05) is 13.8 Å². The Labute approximate surface area is 137 Å². The minimum Gasteiger partial charge on any atom is -0.481 e. The van der Waals surface area contributed by atoms with Gasteiger partial charge in [-0.15, -0.1) is 0 Å². The van der Waals surface area contributed by atoms with Crippen molar-refractivity contribution in [3.05, 3.63) is 28.8 Å². The molecule has 1 aromatic carbocycles. The van der Waals surface area contributed by atoms with Gasteiger partial charge in [0, 0.05) is 18.2 Å². The number of hydrogen-bond donors (Lipinski definition) is 1. The van der Waals surface area contributed by atoms with Gasteiger partial charge >= 0.3 is 5.97 Å². The molecule has 1 fully saturated rings. The van der Waals surface area contributed by atoms with Gasteiger partial charge in [0.1, 0.15) is 5.75 Å². The minimum absolute atomic E-state index is 0.0529. The molecule has 1 amide bonds. The van der Waals surface area contributed by atoms with Crippen molar-refractivity contribution in [3.63, 3.8) is 0 Å². The van der Waals surface area contributed by atoms with E-state index < -0.39 is 5.97 Å². The molecule has 0 saturated heterocycles. The number of carboxylic acid groups (broad SMARTS) is 1. The Morgan fingerprint density at radius 2 is 1.83 bits per heavy atom. The first-order chi connectivity index (χ1) is 10.8. The molecule has 5 heteroatoms. The second-order valence-corrected chi connectivity index (χ2v) is 6.70. The van der Waals surface area contributed by atoms with Crippen LogP contribution in [0.4, 0.5) is 0 Å². The molecular formula is C18H25NO4. The average Bonchev–Trinajstić information content (AvgIpc) is 3.26. The number of aliphatic carboxylic acids is 1. The summed E-state index contributed by atoms with van der Waals surface area (Å²) in [5.74, 6) is 0.0173. The van der Waals surface area contributed by atoms with Gasteiger partial charge in [-0.3, -0.25) is 4.79 Å². The van der Waals surface area contributed by atoms with E-state index in [1.54, 1.807) is 12.1 Å². The highest BCUT2D eigenvalue weighted by Crippen LogP contribution is 2.31. The fourth-order valence-electron chi connectivity index (χ4n) is 2.78. The van der Waals surface area contributed by atoms with Gasteiger partial charge in [0.15, 0.2) is 6.61 Å². The Hall–Kier alpha value is -2.04. The van der Waals surface area contributed by atoms with Crippen LogP contribution in [0.1, 0.15) is 48.2 Å². The maximum Gasteiger partial charge on any atom is 0.341 e. The number of nitrogens with zero attached hydrogens (tertiary/aromatic N) is 1. The van der Waals surface area contributed by atoms with Gasteiger partial charge in [-0.25, -0.2) is 4.79 Å². The van der Waals surface area contributed by atoms with Gasteiger partial charge in [-0.05, 0) is 55.9 Å². The lowest BCUT2D eigenvalue weighted by Gasteiger charge is -2.25. The van der Waals surface area contributed by atoms with Crippen LogP contribution in [0.25, 0.3) is 0 Å². The Bertz CT molecular complexity index is 582. The summed E-state index contributed by atoms with van der Waals surface area (Å²) in [6.07, 6.45) is 2.16. The van der Waals surface area contributed by atoms with E-state index in [1.807, 2.05) is 18.7 Å². The molecule has 5 nitrogen and oxygen atoms in total. The van der Waals surface area contributed by atoms with Gasteiger partial charge in [-0.2, -0.15) is 0 Å². The Balaban J connectivity index is 2.22. The molecule has 0 heterocycles. The number of rotatable bonds is 7. The second kappa shape index (κ2) is 7.02. The number of hydrogen-bond acceptors (Lipinski definition) is 3. The molecule has 1 aliphatic rings. The van der Waals surface area contributed by atoms with Crippen molar-refractivity contribution < 1.29 is 19.4 Å². The normalized spacial score (nSPS) is 14.0. The fourth-order valence-corrected chi connectivity index (χ4v) is 2.78. The quantitative estimate of drug-likeness (QED) is 0.839. The van der Waals surface area contributed by atoms with Crippen LogP contribution in [0, 0.1) is 19.8 Å². The van der Waals surface area contributed by atoms with Crippen LogP contribution < -0.4 is 4.74 Å². The van der Waals surface area contributed by atoms with Crippen LogP contribution in [-0.2, 0) is 4.79 Å². The Morgan fingerprint density at radius 3 is 2.26 bits per heavy atom. The maximum absolute atomic E-state index is 12.8. The number of amides is 1. The summed E-state index contributed by atoms with van der Waals surface area (Å²) in [6.45, 7) is 8.29. The average molecular weight is 319 g/mol. The zero-order valence-electron chi connectivity index (χ0n) is 14.3. The molecule has 23 heavy (non-hydrogen) atoms. The first-order valence-corrected chi connectivity index (χ1v) is 8.06. The lowest BCUT2D eigenvalue weighted by Crippen LogP contribution is -2.36. The molecule has 0 bridgehead atoms. The molecule has 1 aromatic rings. The third-order valence-electron chi connectivity index (χ3n) is 3.86. The topological polar surface area (TPSA) is 66.8 Å². The number of carbonyl (C=O) groups excluding carboxylic acids is 1. The molecule has 0 radical (unpaired) electrons. The predicted octanol–water partition coefficient (Wildman–Crippen LogP) is 3.03. The van der Waals surface area contributed by atoms with Crippen molar-refractivity contribution in [2.24, 2.45) is 5.92 Å². The molecule has 1 N–H and O–H groups in total. The zero-order valence-corrected chi connectivity index (χ0v) is 14.3. The summed E-state index contributed by atoms with van der Waals surface area (Å²) in [7, 11) is 0. The van der Waals surface area contributed by atoms with Crippen LogP contribution >= 0.6 is 0 Å². The van der Waals surface area contributed by atoms with E-state index in [1.165, 1.54) is 0 Å². The monoisotopic (exact) mass is 319 g/mol. The highest BCUT2D eigenvalue weighted by molar-refractivity contribution is 5.95. The molecule has 2 rings (SSSR count). The fraction of sp³-hybridized carbons (Fsp3) is 0.556. The van der Waals surface area contributed by atoms with Crippen molar-refractivity contribution in [1.29, 1.82) is 0 Å². The third-order valence-corrected chi connectivity index (χ3v) is 3.86. The Kier molecular flexibility index (Phi) is 5.29. The highest BCUT2D eigenvalue weighted by atomic mass is 16.5. The molecule has 126 valence electrons. The zero-order chi connectivity index (χ0) is 17.1. The van der Waals surface area contributed by atoms with Crippen LogP contribution in [0.3, 0.4) is 0 Å². The van der Waals surface area contributed by atoms with E-state index >= 15 is 0 Å². The lowest BCUT2D eigenvalue weighted by molar-refractivity contribution is -0.139. The highest BCUT2D eigenvalue weighted by Gasteiger charge is 2.33. The Morgan fingerprint density at radius 1 is 1.26 bits per heavy atom. The van der Waals surface area contributed by atoms with Gasteiger partial charge < -0.3 is 14.7 Å². The SMILES string of the molecule is Cc1cc(C(=O)N(CC(C)C)C2CC2)cc(C)c1OCC(=O)O. The molecule has 0 atom stereocenters. The summed E-state index contributed by atoms with van der Waals surface area (Å²) in [4.78, 5) is 25.5. The van der Waals surface area contributed by atoms with Crippen molar-refractivity contribution in [2.75, 3.05) is 13.2 Å². The lowest BCUT2D eigenvalue weighted by atomic mass is 10.0. The van der Waals surface area contributed by atoms with E-state index in [9.17, 15) is 9.59 Å². The maximum atomic E-state index is 12.8. The molecule has 0 aliphatic heterocycles. The summed E-state index contributed by atoms with van der Waals surface area (Å²) in [5.41, 5.74) is 2.22. The number of carboxylic acids is 1. The molecule has 0 aromatic heterocycles. The largest absolute Gasteiger partial charge is 0.481 e. The van der Waals surface area contributed by atoms with Crippen LogP contribution in [-0.4, -0.2) is 41.1 Å². The first-order valence-electron chi connectivity index (χ1n) is 8.06. The van der Waals surface area contributed by atoms with Crippen LogP contribution in [0.15, 0.2) is 12.1 Å². The van der Waals surface area contributed by atoms with E-state index in [0.717, 1.165) is 30.5 Å². The molecular weight excluding hydrogens is 294 g/mol. The van der Waals surface area contributed by atoms with Gasteiger partial charge in [0.05, 0.1) is 0 Å². The second-order valence-electron chi connectivity index (χ2n) is 6.70. The van der Waals surface area contributed by atoms with E-state index in [4.69, 9.17) is 9.84 Å². The van der Waals surface area contributed by atoms with Crippen molar-refractivity contribution in [3.8, 4) is 5.75 Å². The van der Waals surface area contributed by atoms with E-state index in [0.29, 0.717) is 23.3 Å². The molecule has 1 saturated carbocycles. The number of benzene rings is 1. The van der Waals surface area contributed by atoms with Crippen molar-refractivity contribution in [2.45, 2.75) is 46.6 Å².